The number of carbonyl (C=O) groups is 1. The van der Waals surface area contributed by atoms with E-state index in [9.17, 15) is 4.79 Å². The van der Waals surface area contributed by atoms with Crippen molar-refractivity contribution < 1.29 is 13.9 Å². The van der Waals surface area contributed by atoms with Gasteiger partial charge in [0.2, 0.25) is 0 Å². The summed E-state index contributed by atoms with van der Waals surface area (Å²) in [5.41, 5.74) is 4.32. The molecule has 0 radical (unpaired) electrons. The van der Waals surface area contributed by atoms with E-state index in [4.69, 9.17) is 9.15 Å². The number of carbonyl (C=O) groups excluding carboxylic acids is 1. The first-order chi connectivity index (χ1) is 18.5. The molecule has 0 unspecified atom stereocenters. The summed E-state index contributed by atoms with van der Waals surface area (Å²) in [4.78, 5) is 24.4. The van der Waals surface area contributed by atoms with Gasteiger partial charge in [0, 0.05) is 41.4 Å². The van der Waals surface area contributed by atoms with Crippen LogP contribution in [0, 0.1) is 6.92 Å². The molecule has 8 heteroatoms. The summed E-state index contributed by atoms with van der Waals surface area (Å²) < 4.78 is 12.1. The minimum Gasteiger partial charge on any atom is -0.460 e. The van der Waals surface area contributed by atoms with Crippen molar-refractivity contribution in [2.75, 3.05) is 30.8 Å². The van der Waals surface area contributed by atoms with Crippen LogP contribution in [-0.4, -0.2) is 47.0 Å². The number of piperidine rings is 1. The van der Waals surface area contributed by atoms with E-state index in [-0.39, 0.29) is 12.0 Å². The van der Waals surface area contributed by atoms with Crippen LogP contribution in [0.3, 0.4) is 0 Å². The predicted octanol–water partition coefficient (Wildman–Crippen LogP) is 6.15. The van der Waals surface area contributed by atoms with Crippen LogP contribution in [-0.2, 0) is 0 Å². The van der Waals surface area contributed by atoms with Crippen LogP contribution in [0.5, 0.6) is 6.01 Å². The fraction of sp³-hybridized carbons (Fsp3) is 0.233. The van der Waals surface area contributed by atoms with Gasteiger partial charge in [0.25, 0.3) is 5.91 Å². The molecule has 2 N–H and O–H groups in total. The smallest absolute Gasteiger partial charge is 0.318 e. The molecular weight excluding hydrogens is 478 g/mol. The molecule has 1 aliphatic rings. The highest BCUT2D eigenvalue weighted by Gasteiger charge is 2.19. The van der Waals surface area contributed by atoms with E-state index in [1.54, 1.807) is 18.3 Å². The van der Waals surface area contributed by atoms with Crippen molar-refractivity contribution in [3.63, 3.8) is 0 Å². The van der Waals surface area contributed by atoms with Gasteiger partial charge in [0.15, 0.2) is 0 Å². The molecule has 3 heterocycles. The van der Waals surface area contributed by atoms with Gasteiger partial charge in [-0.05, 0) is 62.7 Å². The van der Waals surface area contributed by atoms with Crippen molar-refractivity contribution in [2.45, 2.75) is 25.9 Å². The lowest BCUT2D eigenvalue weighted by Crippen LogP contribution is -2.35. The standard InChI is InChI=1S/C30H29N5O3/c1-19-10-11-20(32-29(36)24-8-5-7-23-22-6-3-4-9-26(22)38-28(23)24)18-25(19)33-27-12-15-31-30(34-27)37-21-13-16-35(2)17-14-21/h3-12,15,18,21H,13-14,16-17H2,1-2H3,(H,32,36)(H,31,33,34). The number of fused-ring (bicyclic) bond motifs is 3. The molecule has 2 aromatic heterocycles. The maximum absolute atomic E-state index is 13.3. The second-order valence-electron chi connectivity index (χ2n) is 9.73. The number of rotatable bonds is 6. The largest absolute Gasteiger partial charge is 0.460 e. The first-order valence-corrected chi connectivity index (χ1v) is 12.8. The molecule has 3 aromatic carbocycles. The summed E-state index contributed by atoms with van der Waals surface area (Å²) in [5, 5.41) is 8.27. The number of aryl methyl sites for hydroxylation is 1. The van der Waals surface area contributed by atoms with Crippen LogP contribution in [0.15, 0.2) is 77.3 Å². The van der Waals surface area contributed by atoms with Crippen molar-refractivity contribution in [2.24, 2.45) is 0 Å². The Bertz CT molecular complexity index is 1620. The molecule has 6 rings (SSSR count). The monoisotopic (exact) mass is 507 g/mol. The third kappa shape index (κ3) is 4.90. The lowest BCUT2D eigenvalue weighted by Gasteiger charge is -2.28. The van der Waals surface area contributed by atoms with Gasteiger partial charge in [-0.25, -0.2) is 4.98 Å². The number of anilines is 3. The summed E-state index contributed by atoms with van der Waals surface area (Å²) in [5.74, 6) is 0.391. The molecule has 1 saturated heterocycles. The summed E-state index contributed by atoms with van der Waals surface area (Å²) in [7, 11) is 2.12. The number of amides is 1. The first kappa shape index (κ1) is 23.9. The van der Waals surface area contributed by atoms with Gasteiger partial charge in [-0.2, -0.15) is 4.98 Å². The molecule has 0 spiro atoms. The Morgan fingerprint density at radius 2 is 1.84 bits per heavy atom. The summed E-state index contributed by atoms with van der Waals surface area (Å²) in [6.45, 7) is 4.01. The summed E-state index contributed by atoms with van der Waals surface area (Å²) in [6, 6.07) is 21.3. The molecular formula is C30H29N5O3. The van der Waals surface area contributed by atoms with Gasteiger partial charge in [-0.3, -0.25) is 4.79 Å². The fourth-order valence-electron chi connectivity index (χ4n) is 4.82. The van der Waals surface area contributed by atoms with Crippen LogP contribution in [0.1, 0.15) is 28.8 Å². The Morgan fingerprint density at radius 3 is 2.71 bits per heavy atom. The van der Waals surface area contributed by atoms with E-state index in [1.807, 2.05) is 61.5 Å². The zero-order chi connectivity index (χ0) is 26.1. The van der Waals surface area contributed by atoms with Crippen molar-refractivity contribution in [3.05, 3.63) is 84.1 Å². The van der Waals surface area contributed by atoms with Crippen LogP contribution < -0.4 is 15.4 Å². The fourth-order valence-corrected chi connectivity index (χ4v) is 4.82. The topological polar surface area (TPSA) is 92.5 Å². The second kappa shape index (κ2) is 10.1. The highest BCUT2D eigenvalue weighted by Crippen LogP contribution is 2.31. The van der Waals surface area contributed by atoms with E-state index in [1.165, 1.54) is 0 Å². The highest BCUT2D eigenvalue weighted by molar-refractivity contribution is 6.16. The Labute approximate surface area is 220 Å². The predicted molar refractivity (Wildman–Crippen MR) is 149 cm³/mol. The molecule has 1 fully saturated rings. The van der Waals surface area contributed by atoms with Crippen LogP contribution >= 0.6 is 0 Å². The molecule has 0 bridgehead atoms. The molecule has 0 atom stereocenters. The normalized spacial score (nSPS) is 14.6. The molecule has 192 valence electrons. The van der Waals surface area contributed by atoms with Gasteiger partial charge < -0.3 is 24.7 Å². The highest BCUT2D eigenvalue weighted by atomic mass is 16.5. The summed E-state index contributed by atoms with van der Waals surface area (Å²) in [6.07, 6.45) is 3.73. The lowest BCUT2D eigenvalue weighted by molar-refractivity contribution is 0.102. The van der Waals surface area contributed by atoms with Crippen LogP contribution in [0.2, 0.25) is 0 Å². The Balaban J connectivity index is 1.20. The van der Waals surface area contributed by atoms with Gasteiger partial charge in [0.05, 0.1) is 5.56 Å². The van der Waals surface area contributed by atoms with Crippen molar-refractivity contribution in [1.82, 2.24) is 14.9 Å². The van der Waals surface area contributed by atoms with Gasteiger partial charge >= 0.3 is 6.01 Å². The van der Waals surface area contributed by atoms with E-state index in [2.05, 4.69) is 32.5 Å². The molecule has 38 heavy (non-hydrogen) atoms. The average molecular weight is 508 g/mol. The molecule has 5 aromatic rings. The van der Waals surface area contributed by atoms with Gasteiger partial charge in [-0.1, -0.05) is 36.4 Å². The van der Waals surface area contributed by atoms with E-state index in [0.29, 0.717) is 28.7 Å². The van der Waals surface area contributed by atoms with Crippen molar-refractivity contribution in [1.29, 1.82) is 0 Å². The first-order valence-electron chi connectivity index (χ1n) is 12.8. The number of benzene rings is 3. The minimum atomic E-state index is -0.236. The molecule has 0 aliphatic carbocycles. The number of aromatic nitrogens is 2. The number of likely N-dealkylation sites (tertiary alicyclic amines) is 1. The number of hydrogen-bond acceptors (Lipinski definition) is 7. The SMILES string of the molecule is Cc1ccc(NC(=O)c2cccc3c2oc2ccccc23)cc1Nc1ccnc(OC2CCN(C)CC2)n1. The quantitative estimate of drug-likeness (QED) is 0.285. The Morgan fingerprint density at radius 1 is 1.03 bits per heavy atom. The average Bonchev–Trinajstić information content (AvgIpc) is 3.31. The third-order valence-electron chi connectivity index (χ3n) is 6.98. The van der Waals surface area contributed by atoms with Gasteiger partial charge in [0.1, 0.15) is 23.1 Å². The van der Waals surface area contributed by atoms with Gasteiger partial charge in [-0.15, -0.1) is 0 Å². The van der Waals surface area contributed by atoms with Crippen molar-refractivity contribution >= 4 is 45.0 Å². The number of nitrogens with zero attached hydrogens (tertiary/aromatic N) is 3. The van der Waals surface area contributed by atoms with E-state index < -0.39 is 0 Å². The zero-order valence-electron chi connectivity index (χ0n) is 21.4. The molecule has 8 nitrogen and oxygen atoms in total. The Hall–Kier alpha value is -4.43. The number of furan rings is 1. The zero-order valence-corrected chi connectivity index (χ0v) is 21.4. The molecule has 0 saturated carbocycles. The number of hydrogen-bond donors (Lipinski definition) is 2. The van der Waals surface area contributed by atoms with Crippen LogP contribution in [0.4, 0.5) is 17.2 Å². The molecule has 1 aliphatic heterocycles. The third-order valence-corrected chi connectivity index (χ3v) is 6.98. The van der Waals surface area contributed by atoms with E-state index in [0.717, 1.165) is 53.5 Å². The second-order valence-corrected chi connectivity index (χ2v) is 9.73. The Kier molecular flexibility index (Phi) is 6.39. The van der Waals surface area contributed by atoms with Crippen LogP contribution in [0.25, 0.3) is 21.9 Å². The lowest BCUT2D eigenvalue weighted by atomic mass is 10.1. The van der Waals surface area contributed by atoms with Crippen molar-refractivity contribution in [3.8, 4) is 6.01 Å². The number of nitrogens with one attached hydrogen (secondary N) is 2. The summed E-state index contributed by atoms with van der Waals surface area (Å²) >= 11 is 0. The molecule has 1 amide bonds. The maximum atomic E-state index is 13.3. The maximum Gasteiger partial charge on any atom is 0.318 e. The number of para-hydroxylation sites is 2. The minimum absolute atomic E-state index is 0.123. The number of ether oxygens (including phenoxy) is 1. The van der Waals surface area contributed by atoms with E-state index >= 15 is 0 Å².